The van der Waals surface area contributed by atoms with Gasteiger partial charge in [0, 0.05) is 37.9 Å². The minimum Gasteiger partial charge on any atom is -0.352 e. The molecule has 8 heteroatoms. The zero-order chi connectivity index (χ0) is 22.3. The maximum atomic E-state index is 12.9. The SMILES string of the molecule is CCc1ccccc1N1C[C@H](C(=O)NCc2c(C)nc3c(c2C)c(=O)[nH]n3C)CC1=O. The van der Waals surface area contributed by atoms with Crippen molar-refractivity contribution in [2.45, 2.75) is 40.2 Å². The van der Waals surface area contributed by atoms with E-state index in [2.05, 4.69) is 22.3 Å². The van der Waals surface area contributed by atoms with Gasteiger partial charge in [-0.2, -0.15) is 0 Å². The summed E-state index contributed by atoms with van der Waals surface area (Å²) in [4.78, 5) is 44.0. The Labute approximate surface area is 180 Å². The Kier molecular flexibility index (Phi) is 5.39. The average molecular weight is 422 g/mol. The number of hydrogen-bond acceptors (Lipinski definition) is 4. The molecule has 2 aromatic heterocycles. The molecule has 1 aromatic carbocycles. The molecule has 0 aliphatic carbocycles. The van der Waals surface area contributed by atoms with Gasteiger partial charge in [-0.3, -0.25) is 24.2 Å². The lowest BCUT2D eigenvalue weighted by molar-refractivity contribution is -0.126. The summed E-state index contributed by atoms with van der Waals surface area (Å²) in [6.07, 6.45) is 1.01. The maximum Gasteiger partial charge on any atom is 0.273 e. The van der Waals surface area contributed by atoms with Crippen molar-refractivity contribution < 1.29 is 9.59 Å². The summed E-state index contributed by atoms with van der Waals surface area (Å²) in [5, 5.41) is 6.22. The van der Waals surface area contributed by atoms with E-state index in [9.17, 15) is 14.4 Å². The molecule has 0 saturated carbocycles. The predicted octanol–water partition coefficient (Wildman–Crippen LogP) is 2.11. The van der Waals surface area contributed by atoms with Crippen LogP contribution in [0, 0.1) is 19.8 Å². The molecule has 0 bridgehead atoms. The second-order valence-corrected chi connectivity index (χ2v) is 8.10. The molecule has 0 radical (unpaired) electrons. The average Bonchev–Trinajstić information content (AvgIpc) is 3.26. The number of aryl methyl sites for hydroxylation is 4. The minimum atomic E-state index is -0.408. The van der Waals surface area contributed by atoms with E-state index in [0.29, 0.717) is 17.6 Å². The van der Waals surface area contributed by atoms with E-state index in [4.69, 9.17) is 0 Å². The largest absolute Gasteiger partial charge is 0.352 e. The van der Waals surface area contributed by atoms with Crippen LogP contribution in [-0.4, -0.2) is 33.1 Å². The second kappa shape index (κ2) is 8.02. The zero-order valence-electron chi connectivity index (χ0n) is 18.3. The van der Waals surface area contributed by atoms with Crippen molar-refractivity contribution in [3.63, 3.8) is 0 Å². The van der Waals surface area contributed by atoms with Crippen molar-refractivity contribution in [2.75, 3.05) is 11.4 Å². The number of aromatic nitrogens is 3. The minimum absolute atomic E-state index is 0.0349. The fraction of sp³-hybridized carbons (Fsp3) is 0.391. The number of nitrogens with zero attached hydrogens (tertiary/aromatic N) is 3. The Morgan fingerprint density at radius 1 is 1.26 bits per heavy atom. The fourth-order valence-corrected chi connectivity index (χ4v) is 4.42. The molecular weight excluding hydrogens is 394 g/mol. The Hall–Kier alpha value is -3.42. The highest BCUT2D eigenvalue weighted by Gasteiger charge is 2.35. The molecule has 0 spiro atoms. The normalized spacial score (nSPS) is 16.3. The lowest BCUT2D eigenvalue weighted by atomic mass is 10.0. The second-order valence-electron chi connectivity index (χ2n) is 8.10. The van der Waals surface area contributed by atoms with E-state index in [-0.39, 0.29) is 30.3 Å². The van der Waals surface area contributed by atoms with Crippen LogP contribution in [0.2, 0.25) is 0 Å². The van der Waals surface area contributed by atoms with Crippen LogP contribution in [0.3, 0.4) is 0 Å². The Morgan fingerprint density at radius 3 is 2.74 bits per heavy atom. The van der Waals surface area contributed by atoms with Gasteiger partial charge in [0.15, 0.2) is 5.65 Å². The number of carbonyl (C=O) groups is 2. The first-order valence-corrected chi connectivity index (χ1v) is 10.5. The van der Waals surface area contributed by atoms with E-state index in [1.54, 1.807) is 16.6 Å². The summed E-state index contributed by atoms with van der Waals surface area (Å²) in [6.45, 7) is 6.43. The highest BCUT2D eigenvalue weighted by molar-refractivity contribution is 6.00. The fourth-order valence-electron chi connectivity index (χ4n) is 4.42. The highest BCUT2D eigenvalue weighted by atomic mass is 16.2. The van der Waals surface area contributed by atoms with Gasteiger partial charge in [-0.05, 0) is 43.0 Å². The van der Waals surface area contributed by atoms with E-state index in [0.717, 1.165) is 34.5 Å². The first kappa shape index (κ1) is 20.8. The molecule has 8 nitrogen and oxygen atoms in total. The van der Waals surface area contributed by atoms with Gasteiger partial charge in [0.05, 0.1) is 11.3 Å². The van der Waals surface area contributed by atoms with Crippen molar-refractivity contribution >= 4 is 28.5 Å². The molecule has 1 saturated heterocycles. The third-order valence-electron chi connectivity index (χ3n) is 6.17. The van der Waals surface area contributed by atoms with Crippen LogP contribution in [0.15, 0.2) is 29.1 Å². The smallest absolute Gasteiger partial charge is 0.273 e. The molecule has 2 amide bonds. The van der Waals surface area contributed by atoms with E-state index in [1.165, 1.54) is 0 Å². The van der Waals surface area contributed by atoms with Crippen molar-refractivity contribution in [2.24, 2.45) is 13.0 Å². The molecule has 1 aliphatic heterocycles. The number of carbonyl (C=O) groups excluding carboxylic acids is 2. The molecule has 162 valence electrons. The monoisotopic (exact) mass is 421 g/mol. The number of fused-ring (bicyclic) bond motifs is 1. The quantitative estimate of drug-likeness (QED) is 0.659. The summed E-state index contributed by atoms with van der Waals surface area (Å²) >= 11 is 0. The first-order valence-electron chi connectivity index (χ1n) is 10.5. The number of anilines is 1. The molecule has 3 heterocycles. The van der Waals surface area contributed by atoms with Gasteiger partial charge < -0.3 is 10.2 Å². The van der Waals surface area contributed by atoms with Gasteiger partial charge in [-0.25, -0.2) is 4.98 Å². The number of pyridine rings is 1. The molecule has 0 unspecified atom stereocenters. The van der Waals surface area contributed by atoms with Crippen LogP contribution in [0.4, 0.5) is 5.69 Å². The highest BCUT2D eigenvalue weighted by Crippen LogP contribution is 2.29. The molecule has 3 aromatic rings. The number of amides is 2. The molecule has 1 fully saturated rings. The topological polar surface area (TPSA) is 100 Å². The molecule has 2 N–H and O–H groups in total. The van der Waals surface area contributed by atoms with E-state index >= 15 is 0 Å². The maximum absolute atomic E-state index is 12.9. The predicted molar refractivity (Wildman–Crippen MR) is 119 cm³/mol. The van der Waals surface area contributed by atoms with Crippen LogP contribution in [0.25, 0.3) is 11.0 Å². The summed E-state index contributed by atoms with van der Waals surface area (Å²) in [5.74, 6) is -0.604. The molecule has 1 atom stereocenters. The standard InChI is InChI=1S/C23H27N5O3/c1-5-15-8-6-7-9-18(15)28-12-16(10-19(28)29)22(30)24-11-17-13(2)20-21(25-14(17)3)27(4)26-23(20)31/h6-9,16H,5,10-12H2,1-4H3,(H,24,30)(H,26,31)/t16-/m1/s1. The number of aromatic amines is 1. The van der Waals surface area contributed by atoms with Gasteiger partial charge >= 0.3 is 0 Å². The number of nitrogens with one attached hydrogen (secondary N) is 2. The Balaban J connectivity index is 1.51. The third kappa shape index (κ3) is 3.62. The van der Waals surface area contributed by atoms with Crippen LogP contribution in [0.1, 0.15) is 35.7 Å². The van der Waals surface area contributed by atoms with Gasteiger partial charge in [-0.15, -0.1) is 0 Å². The molecule has 1 aliphatic rings. The van der Waals surface area contributed by atoms with Crippen molar-refractivity contribution in [3.8, 4) is 0 Å². The lowest BCUT2D eigenvalue weighted by Gasteiger charge is -2.20. The van der Waals surface area contributed by atoms with Gasteiger partial charge in [0.2, 0.25) is 11.8 Å². The number of para-hydroxylation sites is 1. The van der Waals surface area contributed by atoms with Crippen LogP contribution < -0.4 is 15.8 Å². The molecular formula is C23H27N5O3. The van der Waals surface area contributed by atoms with Crippen LogP contribution in [-0.2, 0) is 29.6 Å². The Morgan fingerprint density at radius 2 is 2.00 bits per heavy atom. The number of H-pyrrole nitrogens is 1. The van der Waals surface area contributed by atoms with Gasteiger partial charge in [-0.1, -0.05) is 25.1 Å². The number of rotatable bonds is 5. The first-order chi connectivity index (χ1) is 14.8. The van der Waals surface area contributed by atoms with Crippen LogP contribution in [0.5, 0.6) is 0 Å². The van der Waals surface area contributed by atoms with Crippen molar-refractivity contribution in [1.82, 2.24) is 20.1 Å². The van der Waals surface area contributed by atoms with E-state index in [1.807, 2.05) is 38.1 Å². The summed E-state index contributed by atoms with van der Waals surface area (Å²) in [6, 6.07) is 7.81. The summed E-state index contributed by atoms with van der Waals surface area (Å²) in [5.41, 5.74) is 4.79. The zero-order valence-corrected chi connectivity index (χ0v) is 18.3. The Bertz CT molecular complexity index is 1240. The van der Waals surface area contributed by atoms with Crippen molar-refractivity contribution in [3.05, 3.63) is 57.0 Å². The molecule has 31 heavy (non-hydrogen) atoms. The van der Waals surface area contributed by atoms with Crippen molar-refractivity contribution in [1.29, 1.82) is 0 Å². The lowest BCUT2D eigenvalue weighted by Crippen LogP contribution is -2.33. The summed E-state index contributed by atoms with van der Waals surface area (Å²) in [7, 11) is 1.75. The van der Waals surface area contributed by atoms with Gasteiger partial charge in [0.25, 0.3) is 5.56 Å². The number of benzene rings is 1. The van der Waals surface area contributed by atoms with E-state index < -0.39 is 5.92 Å². The van der Waals surface area contributed by atoms with Gasteiger partial charge in [0.1, 0.15) is 0 Å². The number of hydrogen-bond donors (Lipinski definition) is 2. The summed E-state index contributed by atoms with van der Waals surface area (Å²) < 4.78 is 1.60. The third-order valence-corrected chi connectivity index (χ3v) is 6.17. The van der Waals surface area contributed by atoms with Crippen LogP contribution >= 0.6 is 0 Å². The molecule has 4 rings (SSSR count).